The van der Waals surface area contributed by atoms with Gasteiger partial charge in [-0.2, -0.15) is 8.42 Å². The van der Waals surface area contributed by atoms with Crippen molar-refractivity contribution in [2.75, 3.05) is 0 Å². The summed E-state index contributed by atoms with van der Waals surface area (Å²) in [6, 6.07) is 10.9. The first-order chi connectivity index (χ1) is 8.73. The molecular formula is C14H19NO3S. The summed E-state index contributed by atoms with van der Waals surface area (Å²) >= 11 is 0. The highest BCUT2D eigenvalue weighted by Gasteiger charge is 2.16. The molecule has 0 aromatic heterocycles. The number of fused-ring (bicyclic) bond motifs is 1. The molecule has 0 heterocycles. The lowest BCUT2D eigenvalue weighted by Gasteiger charge is -2.06. The first-order valence-corrected chi connectivity index (χ1v) is 7.39. The maximum Gasteiger partial charge on any atom is 0.295 e. The fourth-order valence-corrected chi connectivity index (χ4v) is 2.63. The van der Waals surface area contributed by atoms with Gasteiger partial charge in [0.2, 0.25) is 0 Å². The lowest BCUT2D eigenvalue weighted by molar-refractivity contribution is 0.483. The molecule has 0 fully saturated rings. The molecule has 0 saturated heterocycles. The number of hydrogen-bond acceptors (Lipinski definition) is 3. The molecule has 0 saturated carbocycles. The summed E-state index contributed by atoms with van der Waals surface area (Å²) < 4.78 is 31.6. The third-order valence-electron chi connectivity index (χ3n) is 2.33. The van der Waals surface area contributed by atoms with Gasteiger partial charge in [0.05, 0.1) is 0 Å². The molecule has 2 rings (SSSR count). The van der Waals surface area contributed by atoms with Crippen LogP contribution in [0.1, 0.15) is 19.4 Å². The summed E-state index contributed by atoms with van der Waals surface area (Å²) in [6.07, 6.45) is 0. The molecule has 2 aromatic rings. The molecule has 0 amide bonds. The zero-order chi connectivity index (χ0) is 14.6. The van der Waals surface area contributed by atoms with Crippen LogP contribution >= 0.6 is 0 Å². The van der Waals surface area contributed by atoms with Crippen LogP contribution in [0.15, 0.2) is 41.3 Å². The Morgan fingerprint density at radius 1 is 1.11 bits per heavy atom. The molecule has 0 atom stereocenters. The molecule has 2 aromatic carbocycles. The molecule has 19 heavy (non-hydrogen) atoms. The minimum atomic E-state index is -4.16. The van der Waals surface area contributed by atoms with Crippen LogP contribution in [0.5, 0.6) is 0 Å². The van der Waals surface area contributed by atoms with E-state index in [0.717, 1.165) is 5.39 Å². The highest BCUT2D eigenvalue weighted by molar-refractivity contribution is 7.86. The second-order valence-corrected chi connectivity index (χ2v) is 6.01. The van der Waals surface area contributed by atoms with Crippen molar-refractivity contribution in [1.82, 2.24) is 0 Å². The van der Waals surface area contributed by atoms with Gasteiger partial charge in [0.1, 0.15) is 4.90 Å². The van der Waals surface area contributed by atoms with Crippen LogP contribution in [-0.2, 0) is 10.1 Å². The number of aryl methyl sites for hydroxylation is 1. The minimum absolute atomic E-state index is 0.000556. The van der Waals surface area contributed by atoms with Crippen molar-refractivity contribution in [3.8, 4) is 0 Å². The van der Waals surface area contributed by atoms with Crippen LogP contribution in [0, 0.1) is 6.92 Å². The quantitative estimate of drug-likeness (QED) is 0.788. The average molecular weight is 281 g/mol. The van der Waals surface area contributed by atoms with Gasteiger partial charge >= 0.3 is 0 Å². The lowest BCUT2D eigenvalue weighted by atomic mass is 10.1. The van der Waals surface area contributed by atoms with E-state index in [-0.39, 0.29) is 4.90 Å². The van der Waals surface area contributed by atoms with Crippen LogP contribution in [0.4, 0.5) is 0 Å². The van der Waals surface area contributed by atoms with Gasteiger partial charge in [-0.05, 0) is 23.9 Å². The van der Waals surface area contributed by atoms with E-state index in [0.29, 0.717) is 17.0 Å². The van der Waals surface area contributed by atoms with Crippen molar-refractivity contribution < 1.29 is 13.0 Å². The Balaban J connectivity index is 0.000000399. The van der Waals surface area contributed by atoms with E-state index in [1.165, 1.54) is 0 Å². The topological polar surface area (TPSA) is 80.4 Å². The summed E-state index contributed by atoms with van der Waals surface area (Å²) in [5.41, 5.74) is 5.66. The van der Waals surface area contributed by atoms with Gasteiger partial charge in [0.25, 0.3) is 10.1 Å². The van der Waals surface area contributed by atoms with Crippen molar-refractivity contribution in [1.29, 1.82) is 0 Å². The minimum Gasteiger partial charge on any atom is -0.328 e. The highest BCUT2D eigenvalue weighted by atomic mass is 32.2. The van der Waals surface area contributed by atoms with Crippen molar-refractivity contribution in [3.63, 3.8) is 0 Å². The van der Waals surface area contributed by atoms with Gasteiger partial charge in [-0.3, -0.25) is 4.55 Å². The molecule has 5 heteroatoms. The Morgan fingerprint density at radius 2 is 1.63 bits per heavy atom. The first kappa shape index (κ1) is 15.6. The first-order valence-electron chi connectivity index (χ1n) is 5.95. The van der Waals surface area contributed by atoms with E-state index in [1.807, 2.05) is 32.0 Å². The van der Waals surface area contributed by atoms with E-state index >= 15 is 0 Å². The predicted octanol–water partition coefficient (Wildman–Crippen LogP) is 2.75. The van der Waals surface area contributed by atoms with Gasteiger partial charge in [0.15, 0.2) is 0 Å². The summed E-state index contributed by atoms with van der Waals surface area (Å²) in [5.74, 6) is 0. The second kappa shape index (κ2) is 6.14. The Hall–Kier alpha value is -1.43. The van der Waals surface area contributed by atoms with Crippen LogP contribution in [-0.4, -0.2) is 19.0 Å². The predicted molar refractivity (Wildman–Crippen MR) is 77.8 cm³/mol. The highest BCUT2D eigenvalue weighted by Crippen LogP contribution is 2.25. The van der Waals surface area contributed by atoms with E-state index in [4.69, 9.17) is 10.3 Å². The lowest BCUT2D eigenvalue weighted by Crippen LogP contribution is -2.06. The molecule has 3 N–H and O–H groups in total. The van der Waals surface area contributed by atoms with E-state index in [9.17, 15) is 8.42 Å². The largest absolute Gasteiger partial charge is 0.328 e. The number of rotatable bonds is 1. The molecule has 104 valence electrons. The number of benzene rings is 2. The Morgan fingerprint density at radius 3 is 2.16 bits per heavy atom. The Labute approximate surface area is 114 Å². The summed E-state index contributed by atoms with van der Waals surface area (Å²) in [6.45, 7) is 5.55. The van der Waals surface area contributed by atoms with Gasteiger partial charge in [-0.15, -0.1) is 0 Å². The zero-order valence-electron chi connectivity index (χ0n) is 11.3. The van der Waals surface area contributed by atoms with Crippen LogP contribution in [0.2, 0.25) is 0 Å². The molecule has 0 aliphatic rings. The van der Waals surface area contributed by atoms with Crippen LogP contribution in [0.25, 0.3) is 10.8 Å². The van der Waals surface area contributed by atoms with Crippen molar-refractivity contribution in [2.45, 2.75) is 31.7 Å². The molecular weight excluding hydrogens is 262 g/mol. The van der Waals surface area contributed by atoms with Crippen molar-refractivity contribution in [2.24, 2.45) is 5.73 Å². The maximum absolute atomic E-state index is 11.2. The van der Waals surface area contributed by atoms with Crippen LogP contribution in [0.3, 0.4) is 0 Å². The molecule has 0 bridgehead atoms. The molecule has 0 aliphatic carbocycles. The van der Waals surface area contributed by atoms with Gasteiger partial charge < -0.3 is 5.73 Å². The monoisotopic (exact) mass is 281 g/mol. The molecule has 0 spiro atoms. The summed E-state index contributed by atoms with van der Waals surface area (Å²) in [5, 5.41) is 1.36. The molecule has 4 nitrogen and oxygen atoms in total. The SMILES string of the molecule is CC(C)N.Cc1ccc2ccccc2c1S(=O)(=O)O. The Bertz CT molecular complexity index is 661. The third-order valence-corrected chi connectivity index (χ3v) is 3.39. The fourth-order valence-electron chi connectivity index (χ4n) is 1.69. The average Bonchev–Trinajstić information content (AvgIpc) is 2.26. The zero-order valence-corrected chi connectivity index (χ0v) is 12.1. The number of hydrogen-bond donors (Lipinski definition) is 2. The molecule has 0 aliphatic heterocycles. The van der Waals surface area contributed by atoms with Gasteiger partial charge in [-0.25, -0.2) is 0 Å². The van der Waals surface area contributed by atoms with E-state index < -0.39 is 10.1 Å². The maximum atomic E-state index is 11.2. The van der Waals surface area contributed by atoms with Crippen LogP contribution < -0.4 is 5.73 Å². The van der Waals surface area contributed by atoms with Crippen molar-refractivity contribution >= 4 is 20.9 Å². The normalized spacial score (nSPS) is 11.3. The Kier molecular flexibility index (Phi) is 5.05. The smallest absolute Gasteiger partial charge is 0.295 e. The van der Waals surface area contributed by atoms with Gasteiger partial charge in [-0.1, -0.05) is 50.2 Å². The van der Waals surface area contributed by atoms with Gasteiger partial charge in [0, 0.05) is 5.39 Å². The third kappa shape index (κ3) is 4.31. The van der Waals surface area contributed by atoms with E-state index in [1.54, 1.807) is 25.1 Å². The summed E-state index contributed by atoms with van der Waals surface area (Å²) in [7, 11) is -4.16. The fraction of sp³-hybridized carbons (Fsp3) is 0.286. The van der Waals surface area contributed by atoms with Crippen molar-refractivity contribution in [3.05, 3.63) is 42.0 Å². The van der Waals surface area contributed by atoms with E-state index in [2.05, 4.69) is 0 Å². The second-order valence-electron chi connectivity index (χ2n) is 4.65. The molecule has 0 unspecified atom stereocenters. The number of nitrogens with two attached hydrogens (primary N) is 1. The molecule has 0 radical (unpaired) electrons. The standard InChI is InChI=1S/C11H10O3S.C3H9N/c1-8-6-7-9-4-2-3-5-10(9)11(8)15(12,13)14;1-3(2)4/h2-7H,1H3,(H,12,13,14);3H,4H2,1-2H3. The summed E-state index contributed by atoms with van der Waals surface area (Å²) in [4.78, 5) is 0.000556.